The summed E-state index contributed by atoms with van der Waals surface area (Å²) in [5.41, 5.74) is 8.87. The maximum Gasteiger partial charge on any atom is 0.0415 e. The number of likely N-dealkylation sites (N-methyl/N-ethyl adjacent to an activating group) is 1. The molecule has 94 valence electrons. The SMILES string of the molecule is CN(C)CCN1CCCC(N)c2ccccc21. The quantitative estimate of drug-likeness (QED) is 0.865. The minimum atomic E-state index is 0.204. The molecule has 0 aromatic heterocycles. The summed E-state index contributed by atoms with van der Waals surface area (Å²) in [5.74, 6) is 0. The number of nitrogens with zero attached hydrogens (tertiary/aromatic N) is 2. The molecule has 1 unspecified atom stereocenters. The Morgan fingerprint density at radius 2 is 2.12 bits per heavy atom. The van der Waals surface area contributed by atoms with Crippen molar-refractivity contribution < 1.29 is 0 Å². The Morgan fingerprint density at radius 1 is 1.35 bits per heavy atom. The van der Waals surface area contributed by atoms with E-state index in [0.717, 1.165) is 26.1 Å². The summed E-state index contributed by atoms with van der Waals surface area (Å²) in [6.45, 7) is 3.29. The molecule has 2 N–H and O–H groups in total. The van der Waals surface area contributed by atoms with Crippen molar-refractivity contribution in [2.45, 2.75) is 18.9 Å². The summed E-state index contributed by atoms with van der Waals surface area (Å²) in [7, 11) is 4.24. The van der Waals surface area contributed by atoms with Crippen molar-refractivity contribution in [3.8, 4) is 0 Å². The predicted molar refractivity (Wildman–Crippen MR) is 73.4 cm³/mol. The van der Waals surface area contributed by atoms with Crippen molar-refractivity contribution in [3.05, 3.63) is 29.8 Å². The molecule has 2 rings (SSSR count). The van der Waals surface area contributed by atoms with Gasteiger partial charge in [0.2, 0.25) is 0 Å². The van der Waals surface area contributed by atoms with Crippen LogP contribution in [0.5, 0.6) is 0 Å². The number of nitrogens with two attached hydrogens (primary N) is 1. The van der Waals surface area contributed by atoms with Gasteiger partial charge in [0.25, 0.3) is 0 Å². The van der Waals surface area contributed by atoms with Crippen LogP contribution in [0, 0.1) is 0 Å². The molecule has 1 heterocycles. The van der Waals surface area contributed by atoms with E-state index in [1.165, 1.54) is 17.7 Å². The third-order valence-electron chi connectivity index (χ3n) is 3.44. The minimum absolute atomic E-state index is 0.204. The van der Waals surface area contributed by atoms with Gasteiger partial charge in [0, 0.05) is 31.4 Å². The van der Waals surface area contributed by atoms with E-state index in [0.29, 0.717) is 0 Å². The molecule has 0 bridgehead atoms. The normalized spacial score (nSPS) is 20.2. The van der Waals surface area contributed by atoms with E-state index in [4.69, 9.17) is 5.73 Å². The van der Waals surface area contributed by atoms with Gasteiger partial charge >= 0.3 is 0 Å². The zero-order valence-corrected chi connectivity index (χ0v) is 10.9. The van der Waals surface area contributed by atoms with Crippen LogP contribution in [0.2, 0.25) is 0 Å². The van der Waals surface area contributed by atoms with Crippen molar-refractivity contribution >= 4 is 5.69 Å². The molecular formula is C14H23N3. The summed E-state index contributed by atoms with van der Waals surface area (Å²) in [4.78, 5) is 4.70. The van der Waals surface area contributed by atoms with Crippen LogP contribution in [0.4, 0.5) is 5.69 Å². The van der Waals surface area contributed by atoms with E-state index >= 15 is 0 Å². The highest BCUT2D eigenvalue weighted by Crippen LogP contribution is 2.30. The summed E-state index contributed by atoms with van der Waals surface area (Å²) < 4.78 is 0. The first-order valence-corrected chi connectivity index (χ1v) is 6.42. The van der Waals surface area contributed by atoms with Gasteiger partial charge < -0.3 is 15.5 Å². The molecule has 1 aromatic carbocycles. The zero-order chi connectivity index (χ0) is 12.3. The second-order valence-corrected chi connectivity index (χ2v) is 5.10. The van der Waals surface area contributed by atoms with Gasteiger partial charge in [-0.3, -0.25) is 0 Å². The van der Waals surface area contributed by atoms with Crippen LogP contribution in [0.1, 0.15) is 24.4 Å². The fraction of sp³-hybridized carbons (Fsp3) is 0.571. The molecule has 3 nitrogen and oxygen atoms in total. The monoisotopic (exact) mass is 233 g/mol. The molecule has 0 saturated carbocycles. The largest absolute Gasteiger partial charge is 0.370 e. The highest BCUT2D eigenvalue weighted by atomic mass is 15.2. The van der Waals surface area contributed by atoms with Crippen molar-refractivity contribution in [3.63, 3.8) is 0 Å². The van der Waals surface area contributed by atoms with Gasteiger partial charge in [0.1, 0.15) is 0 Å². The van der Waals surface area contributed by atoms with Crippen LogP contribution in [0.25, 0.3) is 0 Å². The van der Waals surface area contributed by atoms with Gasteiger partial charge in [-0.1, -0.05) is 18.2 Å². The Balaban J connectivity index is 2.19. The molecule has 1 aliphatic heterocycles. The summed E-state index contributed by atoms with van der Waals surface area (Å²) in [6, 6.07) is 8.79. The molecule has 0 radical (unpaired) electrons. The molecule has 0 aliphatic carbocycles. The molecule has 0 spiro atoms. The molecule has 17 heavy (non-hydrogen) atoms. The number of para-hydroxylation sites is 1. The third-order valence-corrected chi connectivity index (χ3v) is 3.44. The van der Waals surface area contributed by atoms with Gasteiger partial charge in [0.15, 0.2) is 0 Å². The summed E-state index contributed by atoms with van der Waals surface area (Å²) in [6.07, 6.45) is 2.28. The van der Waals surface area contributed by atoms with Crippen molar-refractivity contribution in [2.24, 2.45) is 5.73 Å². The van der Waals surface area contributed by atoms with Gasteiger partial charge in [-0.15, -0.1) is 0 Å². The minimum Gasteiger partial charge on any atom is -0.370 e. The van der Waals surface area contributed by atoms with Gasteiger partial charge in [-0.05, 0) is 38.6 Å². The lowest BCUT2D eigenvalue weighted by Crippen LogP contribution is -2.32. The Morgan fingerprint density at radius 3 is 2.88 bits per heavy atom. The molecule has 0 saturated heterocycles. The third kappa shape index (κ3) is 2.99. The second kappa shape index (κ2) is 5.52. The molecule has 3 heteroatoms. The highest BCUT2D eigenvalue weighted by Gasteiger charge is 2.19. The molecule has 0 fully saturated rings. The average molecular weight is 233 g/mol. The van der Waals surface area contributed by atoms with E-state index in [9.17, 15) is 0 Å². The Bertz CT molecular complexity index is 362. The molecular weight excluding hydrogens is 210 g/mol. The van der Waals surface area contributed by atoms with Crippen LogP contribution >= 0.6 is 0 Å². The lowest BCUT2D eigenvalue weighted by Gasteiger charge is -2.26. The first-order chi connectivity index (χ1) is 8.18. The Hall–Kier alpha value is -1.06. The van der Waals surface area contributed by atoms with Crippen molar-refractivity contribution in [2.75, 3.05) is 38.6 Å². The smallest absolute Gasteiger partial charge is 0.0415 e. The lowest BCUT2D eigenvalue weighted by atomic mass is 10.0. The number of benzene rings is 1. The number of fused-ring (bicyclic) bond motifs is 1. The number of rotatable bonds is 3. The van der Waals surface area contributed by atoms with Crippen molar-refractivity contribution in [1.29, 1.82) is 0 Å². The molecule has 1 aliphatic rings. The van der Waals surface area contributed by atoms with E-state index in [2.05, 4.69) is 48.2 Å². The number of anilines is 1. The van der Waals surface area contributed by atoms with Gasteiger partial charge in [0.05, 0.1) is 0 Å². The molecule has 1 aromatic rings. The topological polar surface area (TPSA) is 32.5 Å². The van der Waals surface area contributed by atoms with Gasteiger partial charge in [-0.2, -0.15) is 0 Å². The summed E-state index contributed by atoms with van der Waals surface area (Å²) in [5, 5.41) is 0. The van der Waals surface area contributed by atoms with Crippen LogP contribution in [0.3, 0.4) is 0 Å². The van der Waals surface area contributed by atoms with Crippen LogP contribution in [-0.2, 0) is 0 Å². The van der Waals surface area contributed by atoms with Crippen LogP contribution in [-0.4, -0.2) is 38.6 Å². The number of hydrogen-bond donors (Lipinski definition) is 1. The average Bonchev–Trinajstić information content (AvgIpc) is 2.47. The fourth-order valence-electron chi connectivity index (χ4n) is 2.42. The van der Waals surface area contributed by atoms with Crippen LogP contribution < -0.4 is 10.6 Å². The first kappa shape index (κ1) is 12.4. The second-order valence-electron chi connectivity index (χ2n) is 5.10. The van der Waals surface area contributed by atoms with E-state index in [-0.39, 0.29) is 6.04 Å². The number of hydrogen-bond acceptors (Lipinski definition) is 3. The maximum absolute atomic E-state index is 6.23. The molecule has 1 atom stereocenters. The summed E-state index contributed by atoms with van der Waals surface area (Å²) >= 11 is 0. The fourth-order valence-corrected chi connectivity index (χ4v) is 2.42. The van der Waals surface area contributed by atoms with E-state index < -0.39 is 0 Å². The highest BCUT2D eigenvalue weighted by molar-refractivity contribution is 5.55. The maximum atomic E-state index is 6.23. The van der Waals surface area contributed by atoms with Gasteiger partial charge in [-0.25, -0.2) is 0 Å². The lowest BCUT2D eigenvalue weighted by molar-refractivity contribution is 0.412. The van der Waals surface area contributed by atoms with E-state index in [1.807, 2.05) is 0 Å². The Kier molecular flexibility index (Phi) is 4.02. The van der Waals surface area contributed by atoms with Crippen LogP contribution in [0.15, 0.2) is 24.3 Å². The Labute approximate surface area is 104 Å². The predicted octanol–water partition coefficient (Wildman–Crippen LogP) is 1.85. The van der Waals surface area contributed by atoms with E-state index in [1.54, 1.807) is 0 Å². The first-order valence-electron chi connectivity index (χ1n) is 6.42. The van der Waals surface area contributed by atoms with Crippen molar-refractivity contribution in [1.82, 2.24) is 4.90 Å². The molecule has 0 amide bonds. The standard InChI is InChI=1S/C14H23N3/c1-16(2)10-11-17-9-5-7-13(15)12-6-3-4-8-14(12)17/h3-4,6,8,13H,5,7,9-11,15H2,1-2H3. The zero-order valence-electron chi connectivity index (χ0n) is 10.9.